The van der Waals surface area contributed by atoms with E-state index >= 15 is 0 Å². The first-order valence-corrected chi connectivity index (χ1v) is 11.7. The first-order valence-electron chi connectivity index (χ1n) is 11.7. The molecule has 37 heavy (non-hydrogen) atoms. The molecule has 0 spiro atoms. The van der Waals surface area contributed by atoms with E-state index in [1.165, 1.54) is 32.3 Å². The van der Waals surface area contributed by atoms with Gasteiger partial charge in [-0.25, -0.2) is 14.2 Å². The SMILES string of the molecule is CCCNc1cc(Nc2cccc(F)c2)ncc1C(=O)Nc1cccc(NC(=O)C(C)OC(=O)NC)c1. The molecule has 194 valence electrons. The van der Waals surface area contributed by atoms with Gasteiger partial charge in [0, 0.05) is 42.9 Å². The van der Waals surface area contributed by atoms with Crippen LogP contribution in [0.2, 0.25) is 0 Å². The van der Waals surface area contributed by atoms with Gasteiger partial charge in [-0.05, 0) is 49.7 Å². The molecule has 3 amide bonds. The summed E-state index contributed by atoms with van der Waals surface area (Å²) in [6, 6.07) is 14.2. The second-order valence-corrected chi connectivity index (χ2v) is 8.00. The fraction of sp³-hybridized carbons (Fsp3) is 0.231. The Hall–Kier alpha value is -4.67. The molecule has 1 heterocycles. The van der Waals surface area contributed by atoms with Crippen molar-refractivity contribution in [1.29, 1.82) is 0 Å². The van der Waals surface area contributed by atoms with Gasteiger partial charge in [-0.1, -0.05) is 19.1 Å². The van der Waals surface area contributed by atoms with Crippen LogP contribution in [0.25, 0.3) is 0 Å². The number of hydrogen-bond donors (Lipinski definition) is 5. The van der Waals surface area contributed by atoms with Gasteiger partial charge in [0.2, 0.25) is 0 Å². The van der Waals surface area contributed by atoms with E-state index in [0.717, 1.165) is 6.42 Å². The maximum Gasteiger partial charge on any atom is 0.407 e. The van der Waals surface area contributed by atoms with Gasteiger partial charge in [0.15, 0.2) is 6.10 Å². The van der Waals surface area contributed by atoms with Crippen LogP contribution in [0.1, 0.15) is 30.6 Å². The molecule has 0 saturated carbocycles. The number of carbonyl (C=O) groups excluding carboxylic acids is 3. The molecular formula is C26H29FN6O4. The highest BCUT2D eigenvalue weighted by Gasteiger charge is 2.18. The Morgan fingerprint density at radius 3 is 2.41 bits per heavy atom. The normalized spacial score (nSPS) is 11.1. The number of nitrogens with one attached hydrogen (secondary N) is 5. The van der Waals surface area contributed by atoms with Crippen LogP contribution in [0, 0.1) is 5.82 Å². The predicted molar refractivity (Wildman–Crippen MR) is 141 cm³/mol. The lowest BCUT2D eigenvalue weighted by Crippen LogP contribution is -2.33. The molecule has 5 N–H and O–H groups in total. The van der Waals surface area contributed by atoms with Crippen LogP contribution in [0.5, 0.6) is 0 Å². The van der Waals surface area contributed by atoms with E-state index in [2.05, 4.69) is 31.6 Å². The summed E-state index contributed by atoms with van der Waals surface area (Å²) in [4.78, 5) is 41.0. The van der Waals surface area contributed by atoms with Gasteiger partial charge in [0.1, 0.15) is 11.6 Å². The third-order valence-electron chi connectivity index (χ3n) is 5.06. The molecule has 0 aliphatic carbocycles. The zero-order valence-electron chi connectivity index (χ0n) is 20.7. The summed E-state index contributed by atoms with van der Waals surface area (Å²) in [6.45, 7) is 4.07. The molecule has 1 atom stereocenters. The largest absolute Gasteiger partial charge is 0.436 e. The summed E-state index contributed by atoms with van der Waals surface area (Å²) in [5.41, 5.74) is 2.23. The maximum atomic E-state index is 13.5. The van der Waals surface area contributed by atoms with Crippen molar-refractivity contribution < 1.29 is 23.5 Å². The molecule has 0 fully saturated rings. The Bertz CT molecular complexity index is 1270. The number of rotatable bonds is 10. The molecule has 0 aliphatic heterocycles. The third-order valence-corrected chi connectivity index (χ3v) is 5.06. The molecule has 0 saturated heterocycles. The van der Waals surface area contributed by atoms with Crippen LogP contribution >= 0.6 is 0 Å². The smallest absolute Gasteiger partial charge is 0.407 e. The number of hydrogen-bond acceptors (Lipinski definition) is 7. The molecule has 3 rings (SSSR count). The number of pyridine rings is 1. The zero-order chi connectivity index (χ0) is 26.8. The summed E-state index contributed by atoms with van der Waals surface area (Å²) in [5.74, 6) is -0.873. The molecule has 1 unspecified atom stereocenters. The lowest BCUT2D eigenvalue weighted by molar-refractivity contribution is -0.123. The average molecular weight is 509 g/mol. The van der Waals surface area contributed by atoms with Crippen molar-refractivity contribution in [1.82, 2.24) is 10.3 Å². The maximum absolute atomic E-state index is 13.5. The number of benzene rings is 2. The van der Waals surface area contributed by atoms with Gasteiger partial charge >= 0.3 is 6.09 Å². The van der Waals surface area contributed by atoms with Crippen LogP contribution in [0.15, 0.2) is 60.8 Å². The lowest BCUT2D eigenvalue weighted by Gasteiger charge is -2.15. The number of amides is 3. The quantitative estimate of drug-likeness (QED) is 0.268. The Labute approximate surface area is 214 Å². The molecule has 1 aromatic heterocycles. The van der Waals surface area contributed by atoms with E-state index in [1.54, 1.807) is 42.5 Å². The Morgan fingerprint density at radius 1 is 1.00 bits per heavy atom. The standard InChI is InChI=1S/C26H29FN6O4/c1-4-11-29-22-14-23(31-18-8-5-7-17(27)12-18)30-15-21(22)25(35)33-20-10-6-9-19(13-20)32-24(34)16(2)37-26(36)28-3/h5-10,12-16H,4,11H2,1-3H3,(H,28,36)(H,32,34)(H,33,35)(H2,29,30,31). The fourth-order valence-corrected chi connectivity index (χ4v) is 3.21. The van der Waals surface area contributed by atoms with Crippen molar-refractivity contribution in [2.75, 3.05) is 34.9 Å². The van der Waals surface area contributed by atoms with E-state index in [0.29, 0.717) is 40.7 Å². The van der Waals surface area contributed by atoms with Crippen LogP contribution in [0.4, 0.5) is 37.8 Å². The molecule has 0 radical (unpaired) electrons. The second kappa shape index (κ2) is 12.9. The Balaban J connectivity index is 1.73. The highest BCUT2D eigenvalue weighted by Crippen LogP contribution is 2.24. The number of aromatic nitrogens is 1. The zero-order valence-corrected chi connectivity index (χ0v) is 20.7. The topological polar surface area (TPSA) is 133 Å². The van der Waals surface area contributed by atoms with E-state index in [-0.39, 0.29) is 5.82 Å². The minimum absolute atomic E-state index is 0.306. The molecule has 0 aliphatic rings. The van der Waals surface area contributed by atoms with Gasteiger partial charge in [-0.2, -0.15) is 0 Å². The summed E-state index contributed by atoms with van der Waals surface area (Å²) in [7, 11) is 1.40. The average Bonchev–Trinajstić information content (AvgIpc) is 2.87. The van der Waals surface area contributed by atoms with Crippen molar-refractivity contribution in [2.45, 2.75) is 26.4 Å². The number of carbonyl (C=O) groups is 3. The van der Waals surface area contributed by atoms with Crippen molar-refractivity contribution in [2.24, 2.45) is 0 Å². The van der Waals surface area contributed by atoms with Crippen molar-refractivity contribution in [3.63, 3.8) is 0 Å². The highest BCUT2D eigenvalue weighted by atomic mass is 19.1. The lowest BCUT2D eigenvalue weighted by atomic mass is 10.2. The summed E-state index contributed by atoms with van der Waals surface area (Å²) >= 11 is 0. The van der Waals surface area contributed by atoms with E-state index < -0.39 is 24.0 Å². The Morgan fingerprint density at radius 2 is 1.70 bits per heavy atom. The van der Waals surface area contributed by atoms with Gasteiger partial charge in [-0.15, -0.1) is 0 Å². The van der Waals surface area contributed by atoms with E-state index in [1.807, 2.05) is 6.92 Å². The minimum atomic E-state index is -1.02. The number of nitrogens with zero attached hydrogens (tertiary/aromatic N) is 1. The molecule has 11 heteroatoms. The number of halogens is 1. The minimum Gasteiger partial charge on any atom is -0.436 e. The number of anilines is 5. The summed E-state index contributed by atoms with van der Waals surface area (Å²) in [5, 5.41) is 14.0. The van der Waals surface area contributed by atoms with Crippen LogP contribution in [-0.4, -0.2) is 42.6 Å². The highest BCUT2D eigenvalue weighted by molar-refractivity contribution is 6.08. The van der Waals surface area contributed by atoms with Crippen LogP contribution < -0.4 is 26.6 Å². The number of ether oxygens (including phenoxy) is 1. The van der Waals surface area contributed by atoms with Gasteiger partial charge in [0.05, 0.1) is 11.3 Å². The summed E-state index contributed by atoms with van der Waals surface area (Å²) in [6.07, 6.45) is 0.524. The van der Waals surface area contributed by atoms with E-state index in [9.17, 15) is 18.8 Å². The molecule has 0 bridgehead atoms. The fourth-order valence-electron chi connectivity index (χ4n) is 3.21. The Kier molecular flexibility index (Phi) is 9.36. The molecule has 2 aromatic carbocycles. The van der Waals surface area contributed by atoms with Gasteiger partial charge in [0.25, 0.3) is 11.8 Å². The summed E-state index contributed by atoms with van der Waals surface area (Å²) < 4.78 is 18.4. The van der Waals surface area contributed by atoms with Gasteiger partial charge in [-0.3, -0.25) is 9.59 Å². The van der Waals surface area contributed by atoms with Crippen LogP contribution in [0.3, 0.4) is 0 Å². The molecular weight excluding hydrogens is 479 g/mol. The monoisotopic (exact) mass is 508 g/mol. The van der Waals surface area contributed by atoms with Crippen molar-refractivity contribution >= 4 is 46.5 Å². The van der Waals surface area contributed by atoms with Gasteiger partial charge < -0.3 is 31.3 Å². The van der Waals surface area contributed by atoms with Crippen molar-refractivity contribution in [3.05, 3.63) is 72.2 Å². The first-order chi connectivity index (χ1) is 17.8. The second-order valence-electron chi connectivity index (χ2n) is 8.00. The first kappa shape index (κ1) is 26.9. The third kappa shape index (κ3) is 7.92. The number of alkyl carbamates (subject to hydrolysis) is 1. The predicted octanol–water partition coefficient (Wildman–Crippen LogP) is 4.72. The van der Waals surface area contributed by atoms with Crippen LogP contribution in [-0.2, 0) is 9.53 Å². The molecule has 10 nitrogen and oxygen atoms in total. The van der Waals surface area contributed by atoms with E-state index in [4.69, 9.17) is 4.74 Å². The van der Waals surface area contributed by atoms with Crippen molar-refractivity contribution in [3.8, 4) is 0 Å². The molecule has 3 aromatic rings.